The summed E-state index contributed by atoms with van der Waals surface area (Å²) in [6.45, 7) is 5.91. The summed E-state index contributed by atoms with van der Waals surface area (Å²) in [5.74, 6) is 0.622. The second-order valence-electron chi connectivity index (χ2n) is 7.09. The predicted octanol–water partition coefficient (Wildman–Crippen LogP) is 3.44. The van der Waals surface area contributed by atoms with Crippen molar-refractivity contribution in [2.24, 2.45) is 13.0 Å². The quantitative estimate of drug-likeness (QED) is 0.516. The van der Waals surface area contributed by atoms with Gasteiger partial charge in [-0.1, -0.05) is 43.8 Å². The van der Waals surface area contributed by atoms with Gasteiger partial charge in [0.15, 0.2) is 16.1 Å². The standard InChI is InChI=1S/C20H24N6O2S2/c1-12(2)16(23-18(28)14-8-6-5-7-9-14)17-24-25-20(26(17)4)30-11-15(27)22-19-21-13(3)10-29-19/h5-10,12,16H,11H2,1-4H3,(H,23,28)(H,21,22,27)/t16-/m1/s1. The van der Waals surface area contributed by atoms with Gasteiger partial charge in [0.05, 0.1) is 17.5 Å². The van der Waals surface area contributed by atoms with Crippen LogP contribution < -0.4 is 10.6 Å². The number of benzene rings is 1. The van der Waals surface area contributed by atoms with Crippen LogP contribution in [0.2, 0.25) is 0 Å². The van der Waals surface area contributed by atoms with Crippen molar-refractivity contribution in [1.82, 2.24) is 25.1 Å². The van der Waals surface area contributed by atoms with E-state index in [9.17, 15) is 9.59 Å². The third-order valence-electron chi connectivity index (χ3n) is 4.33. The fraction of sp³-hybridized carbons (Fsp3) is 0.350. The van der Waals surface area contributed by atoms with E-state index in [1.165, 1.54) is 23.1 Å². The van der Waals surface area contributed by atoms with Crippen molar-refractivity contribution in [2.45, 2.75) is 32.0 Å². The Balaban J connectivity index is 1.65. The van der Waals surface area contributed by atoms with E-state index in [1.807, 2.05) is 56.0 Å². The van der Waals surface area contributed by atoms with Gasteiger partial charge < -0.3 is 15.2 Å². The Morgan fingerprint density at radius 1 is 1.20 bits per heavy atom. The number of amides is 2. The molecule has 0 fully saturated rings. The first-order valence-electron chi connectivity index (χ1n) is 9.45. The van der Waals surface area contributed by atoms with E-state index in [0.29, 0.717) is 21.7 Å². The van der Waals surface area contributed by atoms with Crippen LogP contribution in [-0.4, -0.2) is 37.3 Å². The number of carbonyl (C=O) groups excluding carboxylic acids is 2. The summed E-state index contributed by atoms with van der Waals surface area (Å²) in [6, 6.07) is 8.76. The molecule has 0 aliphatic carbocycles. The zero-order valence-electron chi connectivity index (χ0n) is 17.2. The number of nitrogens with one attached hydrogen (secondary N) is 2. The highest BCUT2D eigenvalue weighted by molar-refractivity contribution is 7.99. The highest BCUT2D eigenvalue weighted by atomic mass is 32.2. The molecule has 0 saturated heterocycles. The monoisotopic (exact) mass is 444 g/mol. The van der Waals surface area contributed by atoms with Crippen LogP contribution in [0.5, 0.6) is 0 Å². The zero-order chi connectivity index (χ0) is 21.7. The summed E-state index contributed by atoms with van der Waals surface area (Å²) >= 11 is 2.68. The fourth-order valence-corrected chi connectivity index (χ4v) is 4.19. The van der Waals surface area contributed by atoms with Gasteiger partial charge in [0.25, 0.3) is 5.91 Å². The lowest BCUT2D eigenvalue weighted by atomic mass is 10.0. The molecule has 1 aromatic carbocycles. The van der Waals surface area contributed by atoms with Crippen LogP contribution in [0.4, 0.5) is 5.13 Å². The molecule has 2 aromatic heterocycles. The molecule has 8 nitrogen and oxygen atoms in total. The molecule has 0 bridgehead atoms. The second kappa shape index (κ2) is 9.86. The molecule has 2 amide bonds. The van der Waals surface area contributed by atoms with Crippen molar-refractivity contribution in [3.63, 3.8) is 0 Å². The third kappa shape index (κ3) is 5.45. The van der Waals surface area contributed by atoms with E-state index < -0.39 is 0 Å². The molecule has 0 radical (unpaired) electrons. The first-order valence-corrected chi connectivity index (χ1v) is 11.3. The smallest absolute Gasteiger partial charge is 0.251 e. The highest BCUT2D eigenvalue weighted by Gasteiger charge is 2.25. The number of aromatic nitrogens is 4. The van der Waals surface area contributed by atoms with Gasteiger partial charge in [0, 0.05) is 18.0 Å². The van der Waals surface area contributed by atoms with Gasteiger partial charge in [0.2, 0.25) is 5.91 Å². The Bertz CT molecular complexity index is 1020. The van der Waals surface area contributed by atoms with E-state index >= 15 is 0 Å². The first kappa shape index (κ1) is 22.0. The van der Waals surface area contributed by atoms with Crippen LogP contribution in [0.3, 0.4) is 0 Å². The minimum Gasteiger partial charge on any atom is -0.342 e. The molecular weight excluding hydrogens is 420 g/mol. The Morgan fingerprint density at radius 2 is 1.93 bits per heavy atom. The van der Waals surface area contributed by atoms with Gasteiger partial charge in [-0.05, 0) is 25.0 Å². The van der Waals surface area contributed by atoms with E-state index in [4.69, 9.17) is 0 Å². The third-order valence-corrected chi connectivity index (χ3v) is 6.23. The number of hydrogen-bond donors (Lipinski definition) is 2. The molecule has 30 heavy (non-hydrogen) atoms. The summed E-state index contributed by atoms with van der Waals surface area (Å²) in [6.07, 6.45) is 0. The van der Waals surface area contributed by atoms with E-state index in [2.05, 4.69) is 25.8 Å². The normalized spacial score (nSPS) is 12.0. The molecule has 2 heterocycles. The molecule has 0 aliphatic rings. The average Bonchev–Trinajstić information content (AvgIpc) is 3.30. The minimum absolute atomic E-state index is 0.106. The molecule has 0 unspecified atom stereocenters. The summed E-state index contributed by atoms with van der Waals surface area (Å²) < 4.78 is 1.82. The van der Waals surface area contributed by atoms with Crippen LogP contribution in [0.1, 0.15) is 41.8 Å². The summed E-state index contributed by atoms with van der Waals surface area (Å²) in [7, 11) is 1.84. The molecule has 0 spiro atoms. The van der Waals surface area contributed by atoms with E-state index in [-0.39, 0.29) is 29.5 Å². The minimum atomic E-state index is -0.309. The number of anilines is 1. The number of thioether (sulfide) groups is 1. The van der Waals surface area contributed by atoms with Gasteiger partial charge in [-0.15, -0.1) is 21.5 Å². The summed E-state index contributed by atoms with van der Waals surface area (Å²) in [5.41, 5.74) is 1.46. The van der Waals surface area contributed by atoms with Crippen molar-refractivity contribution >= 4 is 40.0 Å². The maximum atomic E-state index is 12.6. The number of carbonyl (C=O) groups is 2. The Hall–Kier alpha value is -2.72. The Kier molecular flexibility index (Phi) is 7.22. The predicted molar refractivity (Wildman–Crippen MR) is 119 cm³/mol. The molecule has 3 aromatic rings. The van der Waals surface area contributed by atoms with Crippen molar-refractivity contribution in [2.75, 3.05) is 11.1 Å². The molecule has 158 valence electrons. The van der Waals surface area contributed by atoms with Crippen molar-refractivity contribution in [1.29, 1.82) is 0 Å². The molecule has 10 heteroatoms. The lowest BCUT2D eigenvalue weighted by Gasteiger charge is -2.21. The van der Waals surface area contributed by atoms with Crippen molar-refractivity contribution in [3.8, 4) is 0 Å². The van der Waals surface area contributed by atoms with Gasteiger partial charge in [-0.2, -0.15) is 0 Å². The SMILES string of the molecule is Cc1csc(NC(=O)CSc2nnc([C@H](NC(=O)c3ccccc3)C(C)C)n2C)n1. The number of hydrogen-bond acceptors (Lipinski definition) is 7. The zero-order valence-corrected chi connectivity index (χ0v) is 18.9. The topological polar surface area (TPSA) is 102 Å². The van der Waals surface area contributed by atoms with Crippen LogP contribution in [0.15, 0.2) is 40.9 Å². The van der Waals surface area contributed by atoms with Crippen LogP contribution in [0, 0.1) is 12.8 Å². The number of aryl methyl sites for hydroxylation is 1. The molecular formula is C20H24N6O2S2. The average molecular weight is 445 g/mol. The lowest BCUT2D eigenvalue weighted by molar-refractivity contribution is -0.113. The molecule has 0 aliphatic heterocycles. The van der Waals surface area contributed by atoms with E-state index in [0.717, 1.165) is 5.69 Å². The van der Waals surface area contributed by atoms with Crippen LogP contribution in [0.25, 0.3) is 0 Å². The summed E-state index contributed by atoms with van der Waals surface area (Å²) in [5, 5.41) is 17.4. The molecule has 2 N–H and O–H groups in total. The number of thiazole rings is 1. The molecule has 0 saturated carbocycles. The maximum Gasteiger partial charge on any atom is 0.251 e. The lowest BCUT2D eigenvalue weighted by Crippen LogP contribution is -2.33. The molecule has 1 atom stereocenters. The van der Waals surface area contributed by atoms with Crippen molar-refractivity contribution < 1.29 is 9.59 Å². The van der Waals surface area contributed by atoms with Crippen molar-refractivity contribution in [3.05, 3.63) is 52.8 Å². The largest absolute Gasteiger partial charge is 0.342 e. The molecule has 3 rings (SSSR count). The first-order chi connectivity index (χ1) is 14.3. The summed E-state index contributed by atoms with van der Waals surface area (Å²) in [4.78, 5) is 29.0. The van der Waals surface area contributed by atoms with E-state index in [1.54, 1.807) is 12.1 Å². The van der Waals surface area contributed by atoms with Gasteiger partial charge >= 0.3 is 0 Å². The Labute approximate surface area is 183 Å². The number of nitrogens with zero attached hydrogens (tertiary/aromatic N) is 4. The number of rotatable bonds is 8. The fourth-order valence-electron chi connectivity index (χ4n) is 2.76. The maximum absolute atomic E-state index is 12.6. The second-order valence-corrected chi connectivity index (χ2v) is 8.89. The van der Waals surface area contributed by atoms with Crippen LogP contribution in [-0.2, 0) is 11.8 Å². The Morgan fingerprint density at radius 3 is 2.57 bits per heavy atom. The van der Waals surface area contributed by atoms with Gasteiger partial charge in [-0.3, -0.25) is 9.59 Å². The highest BCUT2D eigenvalue weighted by Crippen LogP contribution is 2.24. The van der Waals surface area contributed by atoms with Crippen LogP contribution >= 0.6 is 23.1 Å². The van der Waals surface area contributed by atoms with Gasteiger partial charge in [0.1, 0.15) is 0 Å². The van der Waals surface area contributed by atoms with Gasteiger partial charge in [-0.25, -0.2) is 4.98 Å².